The smallest absolute Gasteiger partial charge is 1.00 e. The van der Waals surface area contributed by atoms with Crippen molar-refractivity contribution in [3.05, 3.63) is 40.2 Å². The number of rotatable bonds is 3. The molecule has 13 nitrogen and oxygen atoms in total. The van der Waals surface area contributed by atoms with Crippen molar-refractivity contribution in [1.29, 1.82) is 0 Å². The van der Waals surface area contributed by atoms with Gasteiger partial charge in [0.1, 0.15) is 5.69 Å². The standard InChI is InChI=1S/C7H6N2O2S.C7H8N2OS.ClO2.2Na.HO4P.H/c1-4-5(6(10)11)9-2-3-12-7(9)8-4;1-5-6(10-2)9-3-4-11-7(9)8-5;2-1-3;;;1-4-5(2)3;/h2-3H,1H3,(H,10,11);3-4H,1-2H3;;;;1H;/q;;-1;2*+1;;-1. The van der Waals surface area contributed by atoms with Gasteiger partial charge in [-0.3, -0.25) is 8.80 Å². The zero-order valence-electron chi connectivity index (χ0n) is 19.0. The van der Waals surface area contributed by atoms with Crippen LogP contribution in [0.4, 0.5) is 0 Å². The van der Waals surface area contributed by atoms with E-state index in [4.69, 9.17) is 33.9 Å². The van der Waals surface area contributed by atoms with E-state index in [0.717, 1.165) is 21.5 Å². The van der Waals surface area contributed by atoms with E-state index in [1.807, 2.05) is 28.3 Å². The van der Waals surface area contributed by atoms with Crippen LogP contribution in [-0.4, -0.2) is 42.2 Å². The summed E-state index contributed by atoms with van der Waals surface area (Å²) >= 11 is 2.62. The van der Waals surface area contributed by atoms with Gasteiger partial charge in [-0.05, 0) is 18.4 Å². The second kappa shape index (κ2) is 18.1. The number of carboxylic acid groups (broad SMARTS) is 1. The van der Waals surface area contributed by atoms with E-state index >= 15 is 0 Å². The Labute approximate surface area is 245 Å². The predicted octanol–water partition coefficient (Wildman–Crippen LogP) is -5.65. The molecule has 0 spiro atoms. The van der Waals surface area contributed by atoms with Crippen molar-refractivity contribution < 1.29 is 115 Å². The summed E-state index contributed by atoms with van der Waals surface area (Å²) in [6.07, 6.45) is 3.67. The third kappa shape index (κ3) is 10.5. The molecule has 4 aromatic heterocycles. The summed E-state index contributed by atoms with van der Waals surface area (Å²) in [7, 11) is -1.38. The summed E-state index contributed by atoms with van der Waals surface area (Å²) in [5.74, 6) is -0.0975. The molecule has 0 aliphatic carbocycles. The number of nitrogens with zero attached hydrogens (tertiary/aromatic N) is 4. The predicted molar refractivity (Wildman–Crippen MR) is 102 cm³/mol. The van der Waals surface area contributed by atoms with E-state index < -0.39 is 25.5 Å². The van der Waals surface area contributed by atoms with Crippen molar-refractivity contribution >= 4 is 46.8 Å². The molecule has 2 N–H and O–H groups in total. The third-order valence-electron chi connectivity index (χ3n) is 3.28. The van der Waals surface area contributed by atoms with Gasteiger partial charge >= 0.3 is 73.3 Å². The maximum Gasteiger partial charge on any atom is 1.00 e. The number of hydrogen-bond donors (Lipinski definition) is 2. The topological polar surface area (TPSA) is 197 Å². The zero-order chi connectivity index (χ0) is 23.6. The molecule has 1 unspecified atom stereocenters. The molecule has 0 aliphatic rings. The van der Waals surface area contributed by atoms with E-state index in [1.165, 1.54) is 11.3 Å². The Morgan fingerprint density at radius 3 is 1.97 bits per heavy atom. The largest absolute Gasteiger partial charge is 1.00 e. The van der Waals surface area contributed by atoms with Crippen LogP contribution in [0.2, 0.25) is 0 Å². The second-order valence-corrected chi connectivity index (χ2v) is 7.52. The fourth-order valence-corrected chi connectivity index (χ4v) is 3.78. The molecule has 0 aromatic carbocycles. The maximum absolute atomic E-state index is 10.7. The van der Waals surface area contributed by atoms with Gasteiger partial charge in [0.2, 0.25) is 5.88 Å². The number of aromatic carboxylic acids is 1. The fourth-order valence-electron chi connectivity index (χ4n) is 2.27. The van der Waals surface area contributed by atoms with E-state index in [9.17, 15) is 4.79 Å². The molecule has 172 valence electrons. The molecule has 33 heavy (non-hydrogen) atoms. The average molecular weight is 561 g/mol. The van der Waals surface area contributed by atoms with Crippen LogP contribution in [0.15, 0.2) is 23.2 Å². The zero-order valence-corrected chi connectivity index (χ0v) is 25.3. The van der Waals surface area contributed by atoms with Crippen LogP contribution in [0.5, 0.6) is 5.88 Å². The molecule has 0 radical (unpaired) electrons. The van der Waals surface area contributed by atoms with Crippen molar-refractivity contribution in [2.24, 2.45) is 0 Å². The minimum absolute atomic E-state index is 0. The van der Waals surface area contributed by atoms with E-state index in [2.05, 4.69) is 14.6 Å². The number of thiazole rings is 2. The van der Waals surface area contributed by atoms with E-state index in [1.54, 1.807) is 36.0 Å². The molecular weight excluding hydrogens is 545 g/mol. The molecule has 0 amide bonds. The fraction of sp³-hybridized carbons (Fsp3) is 0.214. The van der Waals surface area contributed by atoms with Gasteiger partial charge in [-0.25, -0.2) is 20.0 Å². The first-order valence-corrected chi connectivity index (χ1v) is 11.2. The molecule has 1 atom stereocenters. The normalized spacial score (nSPS) is 9.73. The van der Waals surface area contributed by atoms with Crippen molar-refractivity contribution in [3.8, 4) is 5.88 Å². The summed E-state index contributed by atoms with van der Waals surface area (Å²) < 4.78 is 36.8. The SMILES string of the molecule is COc1c(C)nc2sccn12.Cc1nc2sccn2c1C(=O)O.O=[P+]([O-])OO.[H-].[Na+].[Na+].[O-][Cl+][O-]. The van der Waals surface area contributed by atoms with E-state index in [0.29, 0.717) is 5.69 Å². The number of aryl methyl sites for hydroxylation is 2. The molecule has 0 saturated heterocycles. The van der Waals surface area contributed by atoms with Crippen molar-refractivity contribution in [3.63, 3.8) is 0 Å². The molecule has 4 aromatic rings. The molecular formula is C14H16ClN4Na2O9PS2. The van der Waals surface area contributed by atoms with Crippen LogP contribution in [0.1, 0.15) is 23.3 Å². The molecule has 0 fully saturated rings. The number of carbonyl (C=O) groups is 1. The first-order chi connectivity index (χ1) is 14.7. The Morgan fingerprint density at radius 2 is 1.55 bits per heavy atom. The van der Waals surface area contributed by atoms with Crippen molar-refractivity contribution in [2.75, 3.05) is 7.11 Å². The van der Waals surface area contributed by atoms with Gasteiger partial charge in [-0.2, -0.15) is 0 Å². The molecule has 0 bridgehead atoms. The van der Waals surface area contributed by atoms with Crippen LogP contribution >= 0.6 is 30.9 Å². The van der Waals surface area contributed by atoms with Gasteiger partial charge in [0, 0.05) is 27.8 Å². The summed E-state index contributed by atoms with van der Waals surface area (Å²) in [4.78, 5) is 29.8. The summed E-state index contributed by atoms with van der Waals surface area (Å²) in [5, 5.41) is 19.7. The number of imidazole rings is 2. The summed E-state index contributed by atoms with van der Waals surface area (Å²) in [6.45, 7) is 3.64. The number of carboxylic acids is 1. The van der Waals surface area contributed by atoms with Gasteiger partial charge in [-0.15, -0.1) is 22.7 Å². The average Bonchev–Trinajstić information content (AvgIpc) is 3.44. The maximum atomic E-state index is 10.7. The Morgan fingerprint density at radius 1 is 1.12 bits per heavy atom. The Hall–Kier alpha value is -0.200. The van der Waals surface area contributed by atoms with Gasteiger partial charge < -0.3 is 25.5 Å². The number of hydrogen-bond acceptors (Lipinski definition) is 12. The minimum atomic E-state index is -3.04. The number of aromatic nitrogens is 4. The Balaban J connectivity index is -0.000000408. The van der Waals surface area contributed by atoms with Crippen LogP contribution in [-0.2, 0) is 9.24 Å². The Bertz CT molecular complexity index is 1140. The molecule has 4 heterocycles. The molecule has 19 heteroatoms. The quantitative estimate of drug-likeness (QED) is 0.105. The van der Waals surface area contributed by atoms with Crippen molar-refractivity contribution in [2.45, 2.75) is 13.8 Å². The monoisotopic (exact) mass is 560 g/mol. The number of fused-ring (bicyclic) bond motifs is 2. The first-order valence-electron chi connectivity index (χ1n) is 7.68. The van der Waals surface area contributed by atoms with Gasteiger partial charge in [0.05, 0.1) is 24.1 Å². The Kier molecular flexibility index (Phi) is 19.2. The second-order valence-electron chi connectivity index (χ2n) is 5.04. The van der Waals surface area contributed by atoms with Gasteiger partial charge in [0.25, 0.3) is 0 Å². The number of halogens is 1. The van der Waals surface area contributed by atoms with Crippen molar-refractivity contribution in [1.82, 2.24) is 18.8 Å². The number of ether oxygens (including phenoxy) is 1. The first kappa shape index (κ1) is 35.0. The molecule has 0 saturated carbocycles. The summed E-state index contributed by atoms with van der Waals surface area (Å²) in [5.41, 5.74) is 1.76. The molecule has 0 aliphatic heterocycles. The van der Waals surface area contributed by atoms with Crippen LogP contribution < -0.4 is 78.1 Å². The summed E-state index contributed by atoms with van der Waals surface area (Å²) in [6, 6.07) is 0. The van der Waals surface area contributed by atoms with E-state index in [-0.39, 0.29) is 66.2 Å². The van der Waals surface area contributed by atoms with Gasteiger partial charge in [0.15, 0.2) is 15.6 Å². The third-order valence-corrected chi connectivity index (χ3v) is 4.93. The number of methoxy groups -OCH3 is 1. The van der Waals surface area contributed by atoms with Crippen LogP contribution in [0.3, 0.4) is 0 Å². The van der Waals surface area contributed by atoms with Gasteiger partial charge in [-0.1, -0.05) is 0 Å². The van der Waals surface area contributed by atoms with Crippen LogP contribution in [0.25, 0.3) is 9.92 Å². The van der Waals surface area contributed by atoms with Crippen LogP contribution in [0, 0.1) is 25.2 Å². The minimum Gasteiger partial charge on any atom is -1.00 e. The molecule has 4 rings (SSSR count).